The Balaban J connectivity index is 1.79. The fourth-order valence-electron chi connectivity index (χ4n) is 3.52. The highest BCUT2D eigenvalue weighted by Gasteiger charge is 2.27. The normalized spacial score (nSPS) is 16.7. The van der Waals surface area contributed by atoms with E-state index in [1.54, 1.807) is 19.2 Å². The van der Waals surface area contributed by atoms with Crippen molar-refractivity contribution in [3.8, 4) is 0 Å². The summed E-state index contributed by atoms with van der Waals surface area (Å²) in [5, 5.41) is 6.11. The zero-order chi connectivity index (χ0) is 19.6. The summed E-state index contributed by atoms with van der Waals surface area (Å²) < 4.78 is 19.6. The lowest BCUT2D eigenvalue weighted by atomic mass is 9.86. The molecule has 27 heavy (non-hydrogen) atoms. The van der Waals surface area contributed by atoms with Crippen molar-refractivity contribution in [3.63, 3.8) is 0 Å². The Labute approximate surface area is 160 Å². The number of methoxy groups -OCH3 is 1. The first-order valence-electron chi connectivity index (χ1n) is 9.24. The van der Waals surface area contributed by atoms with Crippen LogP contribution in [0.25, 0.3) is 0 Å². The first-order valence-corrected chi connectivity index (χ1v) is 9.24. The summed E-state index contributed by atoms with van der Waals surface area (Å²) in [6.45, 7) is 7.16. The van der Waals surface area contributed by atoms with Gasteiger partial charge in [-0.3, -0.25) is 4.79 Å². The van der Waals surface area contributed by atoms with Crippen LogP contribution < -0.4 is 10.6 Å². The second kappa shape index (κ2) is 7.79. The Morgan fingerprint density at radius 1 is 1.26 bits per heavy atom. The van der Waals surface area contributed by atoms with Gasteiger partial charge in [-0.05, 0) is 46.2 Å². The van der Waals surface area contributed by atoms with Gasteiger partial charge in [0.2, 0.25) is 5.91 Å². The van der Waals surface area contributed by atoms with Gasteiger partial charge in [0.1, 0.15) is 11.9 Å². The summed E-state index contributed by atoms with van der Waals surface area (Å²) in [7, 11) is 1.67. The van der Waals surface area contributed by atoms with Gasteiger partial charge in [0.25, 0.3) is 0 Å². The molecule has 0 saturated carbocycles. The lowest BCUT2D eigenvalue weighted by Gasteiger charge is -2.27. The van der Waals surface area contributed by atoms with Crippen LogP contribution in [0, 0.1) is 5.82 Å². The number of ether oxygens (including phenoxy) is 1. The maximum atomic E-state index is 14.4. The molecule has 1 heterocycles. The quantitative estimate of drug-likeness (QED) is 0.852. The number of amides is 1. The van der Waals surface area contributed by atoms with Gasteiger partial charge in [0.15, 0.2) is 0 Å². The zero-order valence-corrected chi connectivity index (χ0v) is 16.4. The number of rotatable bonds is 4. The highest BCUT2D eigenvalue weighted by atomic mass is 19.1. The van der Waals surface area contributed by atoms with Crippen LogP contribution in [-0.4, -0.2) is 19.6 Å². The second-order valence-electron chi connectivity index (χ2n) is 8.04. The van der Waals surface area contributed by atoms with E-state index in [0.717, 1.165) is 29.7 Å². The van der Waals surface area contributed by atoms with E-state index in [1.165, 1.54) is 6.07 Å². The van der Waals surface area contributed by atoms with E-state index < -0.39 is 6.04 Å². The first kappa shape index (κ1) is 19.5. The minimum Gasteiger partial charge on any atom is -0.380 e. The Morgan fingerprint density at radius 2 is 2.04 bits per heavy atom. The van der Waals surface area contributed by atoms with E-state index in [2.05, 4.69) is 16.7 Å². The molecule has 5 heteroatoms. The van der Waals surface area contributed by atoms with E-state index in [0.29, 0.717) is 17.9 Å². The van der Waals surface area contributed by atoms with Crippen LogP contribution >= 0.6 is 0 Å². The minimum absolute atomic E-state index is 0.182. The van der Waals surface area contributed by atoms with Gasteiger partial charge in [-0.25, -0.2) is 4.39 Å². The number of halogens is 1. The minimum atomic E-state index is -0.448. The number of carbonyl (C=O) groups excluding carboxylic acids is 1. The summed E-state index contributed by atoms with van der Waals surface area (Å²) in [4.78, 5) is 12.8. The summed E-state index contributed by atoms with van der Waals surface area (Å²) in [5.74, 6) is -0.486. The van der Waals surface area contributed by atoms with Crippen molar-refractivity contribution in [3.05, 3.63) is 64.5 Å². The van der Waals surface area contributed by atoms with Crippen LogP contribution in [-0.2, 0) is 28.0 Å². The first-order chi connectivity index (χ1) is 12.8. The van der Waals surface area contributed by atoms with Gasteiger partial charge < -0.3 is 15.4 Å². The fraction of sp³-hybridized carbons (Fsp3) is 0.409. The molecular weight excluding hydrogens is 343 g/mol. The molecule has 2 aromatic rings. The van der Waals surface area contributed by atoms with E-state index >= 15 is 0 Å². The highest BCUT2D eigenvalue weighted by Crippen LogP contribution is 2.29. The third kappa shape index (κ3) is 4.37. The predicted molar refractivity (Wildman–Crippen MR) is 105 cm³/mol. The number of hydrogen-bond donors (Lipinski definition) is 2. The van der Waals surface area contributed by atoms with Crippen molar-refractivity contribution in [2.45, 2.75) is 45.3 Å². The van der Waals surface area contributed by atoms with Crippen LogP contribution in [0.4, 0.5) is 10.1 Å². The summed E-state index contributed by atoms with van der Waals surface area (Å²) in [5.41, 5.74) is 4.03. The number of anilines is 1. The maximum Gasteiger partial charge on any atom is 0.246 e. The van der Waals surface area contributed by atoms with Crippen LogP contribution in [0.2, 0.25) is 0 Å². The molecule has 144 valence electrons. The fourth-order valence-corrected chi connectivity index (χ4v) is 3.52. The van der Waals surface area contributed by atoms with Crippen molar-refractivity contribution in [2.24, 2.45) is 0 Å². The van der Waals surface area contributed by atoms with Gasteiger partial charge in [0.05, 0.1) is 6.61 Å². The Morgan fingerprint density at radius 3 is 2.70 bits per heavy atom. The van der Waals surface area contributed by atoms with E-state index in [-0.39, 0.29) is 17.1 Å². The van der Waals surface area contributed by atoms with Gasteiger partial charge in [-0.1, -0.05) is 45.0 Å². The molecule has 0 aromatic heterocycles. The highest BCUT2D eigenvalue weighted by molar-refractivity contribution is 5.96. The Kier molecular flexibility index (Phi) is 5.63. The molecule has 0 fully saturated rings. The largest absolute Gasteiger partial charge is 0.380 e. The molecule has 1 aliphatic rings. The predicted octanol–water partition coefficient (Wildman–Crippen LogP) is 4.10. The Hall–Kier alpha value is -2.24. The molecule has 0 aliphatic carbocycles. The van der Waals surface area contributed by atoms with E-state index in [9.17, 15) is 9.18 Å². The van der Waals surface area contributed by atoms with Crippen LogP contribution in [0.3, 0.4) is 0 Å². The summed E-state index contributed by atoms with van der Waals surface area (Å²) >= 11 is 0. The molecule has 0 radical (unpaired) electrons. The Bertz CT molecular complexity index is 843. The molecule has 1 aliphatic heterocycles. The summed E-state index contributed by atoms with van der Waals surface area (Å²) in [6.07, 6.45) is 0.867. The molecule has 1 amide bonds. The average Bonchev–Trinajstić information content (AvgIpc) is 2.60. The smallest absolute Gasteiger partial charge is 0.246 e. The molecule has 3 rings (SSSR count). The lowest BCUT2D eigenvalue weighted by molar-refractivity contribution is -0.118. The van der Waals surface area contributed by atoms with Gasteiger partial charge in [-0.2, -0.15) is 0 Å². The number of fused-ring (bicyclic) bond motifs is 1. The van der Waals surface area contributed by atoms with Crippen LogP contribution in [0.15, 0.2) is 36.4 Å². The van der Waals surface area contributed by atoms with Crippen LogP contribution in [0.1, 0.15) is 49.1 Å². The molecule has 0 saturated heterocycles. The molecule has 1 atom stereocenters. The van der Waals surface area contributed by atoms with Gasteiger partial charge >= 0.3 is 0 Å². The maximum absolute atomic E-state index is 14.4. The average molecular weight is 370 g/mol. The van der Waals surface area contributed by atoms with E-state index in [4.69, 9.17) is 4.74 Å². The standard InChI is InChI=1S/C22H27FN2O2/c1-22(2,3)18-8-6-16(12-19(18)23)25-21(26)20-17-7-5-14(13-27-4)11-15(17)9-10-24-20/h5-8,11-12,20,24H,9-10,13H2,1-4H3,(H,25,26). The third-order valence-electron chi connectivity index (χ3n) is 4.88. The van der Waals surface area contributed by atoms with Crippen molar-refractivity contribution < 1.29 is 13.9 Å². The third-order valence-corrected chi connectivity index (χ3v) is 4.88. The van der Waals surface area contributed by atoms with Gasteiger partial charge in [0, 0.05) is 19.3 Å². The van der Waals surface area contributed by atoms with Crippen molar-refractivity contribution >= 4 is 11.6 Å². The topological polar surface area (TPSA) is 50.4 Å². The molecule has 4 nitrogen and oxygen atoms in total. The van der Waals surface area contributed by atoms with Crippen molar-refractivity contribution in [2.75, 3.05) is 19.0 Å². The zero-order valence-electron chi connectivity index (χ0n) is 16.4. The van der Waals surface area contributed by atoms with Crippen molar-refractivity contribution in [1.82, 2.24) is 5.32 Å². The van der Waals surface area contributed by atoms with Crippen molar-refractivity contribution in [1.29, 1.82) is 0 Å². The van der Waals surface area contributed by atoms with E-state index in [1.807, 2.05) is 32.9 Å². The van der Waals surface area contributed by atoms with Crippen LogP contribution in [0.5, 0.6) is 0 Å². The molecule has 2 aromatic carbocycles. The number of hydrogen-bond acceptors (Lipinski definition) is 3. The SMILES string of the molecule is COCc1ccc2c(c1)CCNC2C(=O)Nc1ccc(C(C)(C)C)c(F)c1. The molecule has 1 unspecified atom stereocenters. The number of nitrogens with one attached hydrogen (secondary N) is 2. The molecule has 2 N–H and O–H groups in total. The number of carbonyl (C=O) groups is 1. The summed E-state index contributed by atoms with van der Waals surface area (Å²) in [6, 6.07) is 10.5. The lowest BCUT2D eigenvalue weighted by Crippen LogP contribution is -2.38. The monoisotopic (exact) mass is 370 g/mol. The number of benzene rings is 2. The second-order valence-corrected chi connectivity index (χ2v) is 8.04. The van der Waals surface area contributed by atoms with Gasteiger partial charge in [-0.15, -0.1) is 0 Å². The molecule has 0 spiro atoms. The molecule has 0 bridgehead atoms. The molecular formula is C22H27FN2O2.